The van der Waals surface area contributed by atoms with Crippen molar-refractivity contribution in [2.24, 2.45) is 0 Å². The number of rotatable bonds is 2. The van der Waals surface area contributed by atoms with Crippen LogP contribution >= 0.6 is 0 Å². The third-order valence-electron chi connectivity index (χ3n) is 2.13. The van der Waals surface area contributed by atoms with E-state index in [1.165, 1.54) is 0 Å². The minimum atomic E-state index is -0.0644. The normalized spacial score (nSPS) is 11.2. The van der Waals surface area contributed by atoms with Gasteiger partial charge < -0.3 is 5.32 Å². The number of nitrogens with zero attached hydrogens (tertiary/aromatic N) is 1. The van der Waals surface area contributed by atoms with E-state index in [2.05, 4.69) is 31.1 Å². The van der Waals surface area contributed by atoms with Crippen LogP contribution in [0.4, 0.5) is 0 Å². The molecule has 1 aromatic rings. The van der Waals surface area contributed by atoms with Gasteiger partial charge in [0.05, 0.1) is 5.56 Å². The van der Waals surface area contributed by atoms with E-state index in [-0.39, 0.29) is 11.3 Å². The van der Waals surface area contributed by atoms with Gasteiger partial charge in [0.2, 0.25) is 0 Å². The number of pyridine rings is 1. The van der Waals surface area contributed by atoms with E-state index >= 15 is 0 Å². The van der Waals surface area contributed by atoms with Crippen LogP contribution in [0.2, 0.25) is 0 Å². The highest BCUT2D eigenvalue weighted by atomic mass is 16.1. The Hall–Kier alpha value is -1.38. The summed E-state index contributed by atoms with van der Waals surface area (Å²) in [7, 11) is 0. The first-order chi connectivity index (χ1) is 6.95. The Balaban J connectivity index is 2.86. The van der Waals surface area contributed by atoms with Gasteiger partial charge >= 0.3 is 0 Å². The topological polar surface area (TPSA) is 42.0 Å². The van der Waals surface area contributed by atoms with E-state index in [4.69, 9.17) is 0 Å². The maximum Gasteiger partial charge on any atom is 0.252 e. The Labute approximate surface area is 90.9 Å². The second kappa shape index (κ2) is 4.43. The highest BCUT2D eigenvalue weighted by Crippen LogP contribution is 2.19. The molecule has 1 N–H and O–H groups in total. The van der Waals surface area contributed by atoms with E-state index < -0.39 is 0 Å². The van der Waals surface area contributed by atoms with Crippen LogP contribution in [0.3, 0.4) is 0 Å². The summed E-state index contributed by atoms with van der Waals surface area (Å²) in [5, 5.41) is 2.74. The number of hydrogen-bond donors (Lipinski definition) is 1. The molecule has 0 unspecified atom stereocenters. The van der Waals surface area contributed by atoms with Crippen LogP contribution in [-0.4, -0.2) is 17.4 Å². The summed E-state index contributed by atoms with van der Waals surface area (Å²) in [6.07, 6.45) is 1.63. The third-order valence-corrected chi connectivity index (χ3v) is 2.13. The smallest absolute Gasteiger partial charge is 0.252 e. The fourth-order valence-electron chi connectivity index (χ4n) is 1.23. The SMILES string of the molecule is CCNC(=O)c1ccc(C(C)(C)C)nc1. The fourth-order valence-corrected chi connectivity index (χ4v) is 1.23. The van der Waals surface area contributed by atoms with Crippen molar-refractivity contribution in [3.05, 3.63) is 29.6 Å². The van der Waals surface area contributed by atoms with E-state index in [1.54, 1.807) is 6.20 Å². The van der Waals surface area contributed by atoms with Gasteiger partial charge in [0.1, 0.15) is 0 Å². The van der Waals surface area contributed by atoms with Crippen molar-refractivity contribution in [1.82, 2.24) is 10.3 Å². The summed E-state index contributed by atoms with van der Waals surface area (Å²) in [5.41, 5.74) is 1.64. The second-order valence-corrected chi connectivity index (χ2v) is 4.54. The van der Waals surface area contributed by atoms with E-state index in [1.807, 2.05) is 19.1 Å². The Bertz CT molecular complexity index is 336. The molecule has 0 aliphatic rings. The summed E-state index contributed by atoms with van der Waals surface area (Å²) >= 11 is 0. The molecule has 1 rings (SSSR count). The molecule has 1 aromatic heterocycles. The molecule has 15 heavy (non-hydrogen) atoms. The average Bonchev–Trinajstić information content (AvgIpc) is 2.17. The maximum atomic E-state index is 11.5. The minimum Gasteiger partial charge on any atom is -0.352 e. The highest BCUT2D eigenvalue weighted by Gasteiger charge is 2.15. The third kappa shape index (κ3) is 3.05. The van der Waals surface area contributed by atoms with Crippen molar-refractivity contribution in [3.63, 3.8) is 0 Å². The first-order valence-corrected chi connectivity index (χ1v) is 5.20. The van der Waals surface area contributed by atoms with Gasteiger partial charge in [-0.25, -0.2) is 0 Å². The number of amides is 1. The van der Waals surface area contributed by atoms with Crippen LogP contribution in [-0.2, 0) is 5.41 Å². The van der Waals surface area contributed by atoms with Crippen molar-refractivity contribution in [3.8, 4) is 0 Å². The molecular formula is C12H18N2O. The molecule has 3 nitrogen and oxygen atoms in total. The molecule has 0 radical (unpaired) electrons. The summed E-state index contributed by atoms with van der Waals surface area (Å²) in [4.78, 5) is 15.7. The Morgan fingerprint density at radius 2 is 2.07 bits per heavy atom. The first-order valence-electron chi connectivity index (χ1n) is 5.20. The predicted molar refractivity (Wildman–Crippen MR) is 60.9 cm³/mol. The van der Waals surface area contributed by atoms with Crippen molar-refractivity contribution < 1.29 is 4.79 Å². The number of aromatic nitrogens is 1. The zero-order valence-corrected chi connectivity index (χ0v) is 9.79. The van der Waals surface area contributed by atoms with Gasteiger partial charge in [-0.15, -0.1) is 0 Å². The number of nitrogens with one attached hydrogen (secondary N) is 1. The highest BCUT2D eigenvalue weighted by molar-refractivity contribution is 5.93. The number of hydrogen-bond acceptors (Lipinski definition) is 2. The average molecular weight is 206 g/mol. The molecule has 0 spiro atoms. The lowest BCUT2D eigenvalue weighted by Crippen LogP contribution is -2.23. The molecule has 0 aromatic carbocycles. The van der Waals surface area contributed by atoms with Crippen LogP contribution in [0, 0.1) is 0 Å². The quantitative estimate of drug-likeness (QED) is 0.805. The van der Waals surface area contributed by atoms with Crippen LogP contribution in [0.1, 0.15) is 43.7 Å². The molecular weight excluding hydrogens is 188 g/mol. The van der Waals surface area contributed by atoms with Crippen LogP contribution < -0.4 is 5.32 Å². The van der Waals surface area contributed by atoms with E-state index in [0.29, 0.717) is 12.1 Å². The van der Waals surface area contributed by atoms with E-state index in [9.17, 15) is 4.79 Å². The van der Waals surface area contributed by atoms with Crippen LogP contribution in [0.5, 0.6) is 0 Å². The van der Waals surface area contributed by atoms with Crippen molar-refractivity contribution in [2.75, 3.05) is 6.54 Å². The molecule has 0 saturated carbocycles. The van der Waals surface area contributed by atoms with Gasteiger partial charge in [-0.05, 0) is 19.1 Å². The van der Waals surface area contributed by atoms with Gasteiger partial charge in [0.15, 0.2) is 0 Å². The molecule has 0 atom stereocenters. The van der Waals surface area contributed by atoms with E-state index in [0.717, 1.165) is 5.69 Å². The van der Waals surface area contributed by atoms with Gasteiger partial charge in [0.25, 0.3) is 5.91 Å². The standard InChI is InChI=1S/C12H18N2O/c1-5-13-11(15)9-6-7-10(14-8-9)12(2,3)4/h6-8H,5H2,1-4H3,(H,13,15). The van der Waals surface area contributed by atoms with Gasteiger partial charge in [-0.3, -0.25) is 9.78 Å². The Morgan fingerprint density at radius 3 is 2.47 bits per heavy atom. The molecule has 0 aliphatic heterocycles. The molecule has 0 fully saturated rings. The van der Waals surface area contributed by atoms with Crippen molar-refractivity contribution in [1.29, 1.82) is 0 Å². The number of carbonyl (C=O) groups is 1. The monoisotopic (exact) mass is 206 g/mol. The maximum absolute atomic E-state index is 11.5. The molecule has 82 valence electrons. The largest absolute Gasteiger partial charge is 0.352 e. The number of carbonyl (C=O) groups excluding carboxylic acids is 1. The van der Waals surface area contributed by atoms with Gasteiger partial charge in [-0.2, -0.15) is 0 Å². The van der Waals surface area contributed by atoms with Crippen LogP contribution in [0.25, 0.3) is 0 Å². The lowest BCUT2D eigenvalue weighted by Gasteiger charge is -2.17. The van der Waals surface area contributed by atoms with Crippen LogP contribution in [0.15, 0.2) is 18.3 Å². The Kier molecular flexibility index (Phi) is 3.45. The van der Waals surface area contributed by atoms with Gasteiger partial charge in [-0.1, -0.05) is 20.8 Å². The summed E-state index contributed by atoms with van der Waals surface area (Å²) in [6.45, 7) is 8.83. The predicted octanol–water partition coefficient (Wildman–Crippen LogP) is 2.13. The molecule has 3 heteroatoms. The Morgan fingerprint density at radius 1 is 1.40 bits per heavy atom. The molecule has 1 heterocycles. The summed E-state index contributed by atoms with van der Waals surface area (Å²) < 4.78 is 0. The zero-order chi connectivity index (χ0) is 11.5. The fraction of sp³-hybridized carbons (Fsp3) is 0.500. The second-order valence-electron chi connectivity index (χ2n) is 4.54. The molecule has 0 aliphatic carbocycles. The molecule has 0 bridgehead atoms. The zero-order valence-electron chi connectivity index (χ0n) is 9.79. The lowest BCUT2D eigenvalue weighted by atomic mass is 9.91. The molecule has 1 amide bonds. The summed E-state index contributed by atoms with van der Waals surface area (Å²) in [6, 6.07) is 3.73. The lowest BCUT2D eigenvalue weighted by molar-refractivity contribution is 0.0955. The summed E-state index contributed by atoms with van der Waals surface area (Å²) in [5.74, 6) is -0.0644. The first kappa shape index (κ1) is 11.7. The minimum absolute atomic E-state index is 0.0275. The van der Waals surface area contributed by atoms with Crippen molar-refractivity contribution in [2.45, 2.75) is 33.1 Å². The molecule has 0 saturated heterocycles. The van der Waals surface area contributed by atoms with Crippen molar-refractivity contribution >= 4 is 5.91 Å². The van der Waals surface area contributed by atoms with Gasteiger partial charge in [0, 0.05) is 23.9 Å².